The van der Waals surface area contributed by atoms with Crippen molar-refractivity contribution < 1.29 is 4.79 Å². The fourth-order valence-electron chi connectivity index (χ4n) is 3.52. The number of rotatable bonds is 7. The van der Waals surface area contributed by atoms with Crippen LogP contribution in [0.2, 0.25) is 0 Å². The number of nitrogens with zero attached hydrogens (tertiary/aromatic N) is 4. The Labute approximate surface area is 181 Å². The normalized spacial score (nSPS) is 15.2. The third-order valence-electron chi connectivity index (χ3n) is 5.35. The van der Waals surface area contributed by atoms with Gasteiger partial charge < -0.3 is 10.2 Å². The molecule has 0 aliphatic carbocycles. The van der Waals surface area contributed by atoms with Gasteiger partial charge in [-0.25, -0.2) is 0 Å². The van der Waals surface area contributed by atoms with Crippen molar-refractivity contribution in [2.24, 2.45) is 0 Å². The Bertz CT molecular complexity index is 949. The number of hydrogen-bond acceptors (Lipinski definition) is 6. The molecule has 2 heterocycles. The molecule has 0 bridgehead atoms. The molecular weight excluding hydrogens is 394 g/mol. The smallest absolute Gasteiger partial charge is 0.286 e. The number of anilines is 1. The van der Waals surface area contributed by atoms with Crippen molar-refractivity contribution in [1.82, 2.24) is 20.0 Å². The van der Waals surface area contributed by atoms with Crippen molar-refractivity contribution in [3.05, 3.63) is 75.7 Å². The maximum absolute atomic E-state index is 12.4. The zero-order chi connectivity index (χ0) is 20.8. The topological polar surface area (TPSA) is 61.4 Å². The number of aromatic nitrogens is 2. The zero-order valence-corrected chi connectivity index (χ0v) is 18.1. The van der Waals surface area contributed by atoms with Gasteiger partial charge in [0.25, 0.3) is 5.91 Å². The van der Waals surface area contributed by atoms with Gasteiger partial charge in [0.15, 0.2) is 0 Å². The maximum Gasteiger partial charge on any atom is 0.286 e. The van der Waals surface area contributed by atoms with Crippen LogP contribution in [0.3, 0.4) is 0 Å². The molecule has 1 saturated heterocycles. The number of hydrogen-bond donors (Lipinski definition) is 1. The summed E-state index contributed by atoms with van der Waals surface area (Å²) in [7, 11) is 0. The Kier molecular flexibility index (Phi) is 6.84. The van der Waals surface area contributed by atoms with Gasteiger partial charge in [-0.1, -0.05) is 59.4 Å². The Hall–Kier alpha value is -2.61. The van der Waals surface area contributed by atoms with Crippen molar-refractivity contribution in [3.63, 3.8) is 0 Å². The lowest BCUT2D eigenvalue weighted by atomic mass is 10.1. The largest absolute Gasteiger partial charge is 0.320 e. The van der Waals surface area contributed by atoms with E-state index < -0.39 is 0 Å². The highest BCUT2D eigenvalue weighted by molar-refractivity contribution is 7.13. The van der Waals surface area contributed by atoms with Crippen LogP contribution in [0.15, 0.2) is 54.6 Å². The summed E-state index contributed by atoms with van der Waals surface area (Å²) in [6.45, 7) is 8.02. The van der Waals surface area contributed by atoms with Gasteiger partial charge in [0.05, 0.1) is 6.54 Å². The molecule has 0 unspecified atom stereocenters. The van der Waals surface area contributed by atoms with Crippen LogP contribution in [0.4, 0.5) is 5.69 Å². The zero-order valence-electron chi connectivity index (χ0n) is 17.3. The van der Waals surface area contributed by atoms with E-state index >= 15 is 0 Å². The number of amides is 1. The fraction of sp³-hybridized carbons (Fsp3) is 0.348. The standard InChI is InChI=1S/C23H27N5OS/c1-18-7-9-20(10-8-18)24-22(29)23-26-25-21(30-23)17-28-15-13-27(14-16-28)12-11-19-5-3-2-4-6-19/h2-10H,11-17H2,1H3,(H,24,29). The summed E-state index contributed by atoms with van der Waals surface area (Å²) in [5.41, 5.74) is 3.32. The highest BCUT2D eigenvalue weighted by atomic mass is 32.1. The first kappa shape index (κ1) is 20.7. The van der Waals surface area contributed by atoms with Crippen molar-refractivity contribution in [1.29, 1.82) is 0 Å². The lowest BCUT2D eigenvalue weighted by Crippen LogP contribution is -2.46. The van der Waals surface area contributed by atoms with Crippen LogP contribution in [0.1, 0.15) is 25.9 Å². The minimum absolute atomic E-state index is 0.201. The highest BCUT2D eigenvalue weighted by Gasteiger charge is 2.19. The average molecular weight is 422 g/mol. The third kappa shape index (κ3) is 5.72. The molecule has 1 aromatic heterocycles. The first-order chi connectivity index (χ1) is 14.7. The Morgan fingerprint density at radius 3 is 2.40 bits per heavy atom. The summed E-state index contributed by atoms with van der Waals surface area (Å²) >= 11 is 1.38. The van der Waals surface area contributed by atoms with Crippen LogP contribution in [-0.2, 0) is 13.0 Å². The SMILES string of the molecule is Cc1ccc(NC(=O)c2nnc(CN3CCN(CCc4ccccc4)CC3)s2)cc1. The summed E-state index contributed by atoms with van der Waals surface area (Å²) in [6.07, 6.45) is 1.09. The second-order valence-corrected chi connectivity index (χ2v) is 8.74. The molecule has 1 amide bonds. The van der Waals surface area contributed by atoms with Gasteiger partial charge in [0, 0.05) is 38.4 Å². The Morgan fingerprint density at radius 1 is 0.967 bits per heavy atom. The quantitative estimate of drug-likeness (QED) is 0.633. The van der Waals surface area contributed by atoms with Crippen molar-refractivity contribution in [2.75, 3.05) is 38.0 Å². The van der Waals surface area contributed by atoms with Crippen LogP contribution in [0.25, 0.3) is 0 Å². The van der Waals surface area contributed by atoms with Gasteiger partial charge in [-0.15, -0.1) is 10.2 Å². The molecule has 6 nitrogen and oxygen atoms in total. The molecule has 0 saturated carbocycles. The molecule has 7 heteroatoms. The predicted octanol–water partition coefficient (Wildman–Crippen LogP) is 3.46. The van der Waals surface area contributed by atoms with Crippen molar-refractivity contribution in [2.45, 2.75) is 19.9 Å². The molecule has 4 rings (SSSR count). The first-order valence-corrected chi connectivity index (χ1v) is 11.2. The van der Waals surface area contributed by atoms with Crippen molar-refractivity contribution in [3.8, 4) is 0 Å². The second-order valence-electron chi connectivity index (χ2n) is 7.67. The van der Waals surface area contributed by atoms with Crippen LogP contribution < -0.4 is 5.32 Å². The van der Waals surface area contributed by atoms with E-state index in [1.807, 2.05) is 31.2 Å². The van der Waals surface area contributed by atoms with Crippen LogP contribution >= 0.6 is 11.3 Å². The first-order valence-electron chi connectivity index (χ1n) is 10.3. The minimum Gasteiger partial charge on any atom is -0.320 e. The third-order valence-corrected chi connectivity index (χ3v) is 6.26. The number of benzene rings is 2. The number of aryl methyl sites for hydroxylation is 1. The van der Waals surface area contributed by atoms with E-state index in [-0.39, 0.29) is 5.91 Å². The van der Waals surface area contributed by atoms with Gasteiger partial charge in [-0.05, 0) is 31.0 Å². The molecule has 3 aromatic rings. The molecule has 2 aromatic carbocycles. The van der Waals surface area contributed by atoms with Gasteiger partial charge in [0.1, 0.15) is 5.01 Å². The number of carbonyl (C=O) groups is 1. The lowest BCUT2D eigenvalue weighted by molar-refractivity contribution is 0.102. The number of nitrogens with one attached hydrogen (secondary N) is 1. The van der Waals surface area contributed by atoms with Gasteiger partial charge >= 0.3 is 0 Å². The molecule has 0 radical (unpaired) electrons. The van der Waals surface area contributed by atoms with Crippen LogP contribution in [-0.4, -0.2) is 58.6 Å². The molecule has 1 aliphatic heterocycles. The van der Waals surface area contributed by atoms with Gasteiger partial charge in [0.2, 0.25) is 5.01 Å². The summed E-state index contributed by atoms with van der Waals surface area (Å²) in [5, 5.41) is 12.5. The van der Waals surface area contributed by atoms with E-state index in [1.165, 1.54) is 16.9 Å². The van der Waals surface area contributed by atoms with Crippen LogP contribution in [0, 0.1) is 6.92 Å². The van der Waals surface area contributed by atoms with E-state index in [0.717, 1.165) is 61.9 Å². The minimum atomic E-state index is -0.201. The number of piperazine rings is 1. The van der Waals surface area contributed by atoms with E-state index in [9.17, 15) is 4.79 Å². The monoisotopic (exact) mass is 421 g/mol. The summed E-state index contributed by atoms with van der Waals surface area (Å²) in [5.74, 6) is -0.201. The van der Waals surface area contributed by atoms with Gasteiger partial charge in [-0.2, -0.15) is 0 Å². The average Bonchev–Trinajstić information content (AvgIpc) is 3.24. The Balaban J connectivity index is 1.22. The van der Waals surface area contributed by atoms with E-state index in [2.05, 4.69) is 55.6 Å². The second kappa shape index (κ2) is 9.93. The summed E-state index contributed by atoms with van der Waals surface area (Å²) in [4.78, 5) is 17.3. The molecule has 0 atom stereocenters. The molecule has 30 heavy (non-hydrogen) atoms. The lowest BCUT2D eigenvalue weighted by Gasteiger charge is -2.34. The predicted molar refractivity (Wildman–Crippen MR) is 121 cm³/mol. The van der Waals surface area contributed by atoms with Crippen molar-refractivity contribution >= 4 is 22.9 Å². The maximum atomic E-state index is 12.4. The summed E-state index contributed by atoms with van der Waals surface area (Å²) < 4.78 is 0. The molecule has 156 valence electrons. The van der Waals surface area contributed by atoms with E-state index in [0.29, 0.717) is 5.01 Å². The molecule has 1 N–H and O–H groups in total. The van der Waals surface area contributed by atoms with E-state index in [4.69, 9.17) is 0 Å². The van der Waals surface area contributed by atoms with Crippen LogP contribution in [0.5, 0.6) is 0 Å². The molecular formula is C23H27N5OS. The fourth-order valence-corrected chi connectivity index (χ4v) is 4.30. The molecule has 0 spiro atoms. The highest BCUT2D eigenvalue weighted by Crippen LogP contribution is 2.16. The summed E-state index contributed by atoms with van der Waals surface area (Å²) in [6, 6.07) is 18.4. The Morgan fingerprint density at radius 2 is 1.67 bits per heavy atom. The molecule has 1 aliphatic rings. The molecule has 1 fully saturated rings. The number of carbonyl (C=O) groups excluding carboxylic acids is 1. The van der Waals surface area contributed by atoms with E-state index in [1.54, 1.807) is 0 Å². The van der Waals surface area contributed by atoms with Gasteiger partial charge in [-0.3, -0.25) is 9.69 Å².